The zero-order valence-corrected chi connectivity index (χ0v) is 15.6. The Morgan fingerprint density at radius 3 is 2.46 bits per heavy atom. The summed E-state index contributed by atoms with van der Waals surface area (Å²) in [6.07, 6.45) is 3.29. The van der Waals surface area contributed by atoms with Gasteiger partial charge in [-0.1, -0.05) is 24.3 Å². The minimum Gasteiger partial charge on any atom is -0.496 e. The van der Waals surface area contributed by atoms with Crippen LogP contribution in [0.25, 0.3) is 6.08 Å². The number of rotatable bonds is 8. The number of hydrogen-bond donors (Lipinski definition) is 1. The van der Waals surface area contributed by atoms with Crippen LogP contribution in [0.5, 0.6) is 17.2 Å². The summed E-state index contributed by atoms with van der Waals surface area (Å²) in [4.78, 5) is 12.1. The summed E-state index contributed by atoms with van der Waals surface area (Å²) in [7, 11) is 3.20. The molecule has 0 aliphatic rings. The lowest BCUT2D eigenvalue weighted by molar-refractivity contribution is -0.116. The van der Waals surface area contributed by atoms with E-state index in [0.29, 0.717) is 18.0 Å². The van der Waals surface area contributed by atoms with Crippen LogP contribution in [0.15, 0.2) is 48.5 Å². The second-order valence-electron chi connectivity index (χ2n) is 5.94. The molecule has 2 aromatic rings. The maximum Gasteiger partial charge on any atom is 0.244 e. The van der Waals surface area contributed by atoms with E-state index in [9.17, 15) is 4.79 Å². The van der Waals surface area contributed by atoms with Crippen molar-refractivity contribution in [3.63, 3.8) is 0 Å². The smallest absolute Gasteiger partial charge is 0.244 e. The minimum atomic E-state index is -0.183. The van der Waals surface area contributed by atoms with Gasteiger partial charge in [0.05, 0.1) is 20.3 Å². The largest absolute Gasteiger partial charge is 0.496 e. The fraction of sp³-hybridized carbons (Fsp3) is 0.286. The molecule has 5 nitrogen and oxygen atoms in total. The topological polar surface area (TPSA) is 56.8 Å². The first-order valence-corrected chi connectivity index (χ1v) is 8.46. The number of ether oxygens (including phenoxy) is 3. The molecule has 0 saturated heterocycles. The molecule has 0 saturated carbocycles. The van der Waals surface area contributed by atoms with Crippen molar-refractivity contribution in [1.82, 2.24) is 5.32 Å². The van der Waals surface area contributed by atoms with Gasteiger partial charge in [0.2, 0.25) is 5.91 Å². The standard InChI is InChI=1S/C21H25NO4/c1-15(2)26-19-11-9-16(13-20(19)25-4)14-22-21(23)12-10-17-7-5-6-8-18(17)24-3/h5-13,15H,14H2,1-4H3,(H,22,23)/b12-10+. The number of methoxy groups -OCH3 is 2. The highest BCUT2D eigenvalue weighted by Crippen LogP contribution is 2.29. The van der Waals surface area contributed by atoms with E-state index in [-0.39, 0.29) is 12.0 Å². The Hall–Kier alpha value is -2.95. The van der Waals surface area contributed by atoms with Crippen LogP contribution in [-0.4, -0.2) is 26.2 Å². The Morgan fingerprint density at radius 2 is 1.77 bits per heavy atom. The highest BCUT2D eigenvalue weighted by Gasteiger charge is 2.08. The van der Waals surface area contributed by atoms with Crippen LogP contribution in [-0.2, 0) is 11.3 Å². The second-order valence-corrected chi connectivity index (χ2v) is 5.94. The van der Waals surface area contributed by atoms with E-state index >= 15 is 0 Å². The fourth-order valence-electron chi connectivity index (χ4n) is 2.39. The highest BCUT2D eigenvalue weighted by molar-refractivity contribution is 5.92. The molecule has 26 heavy (non-hydrogen) atoms. The number of hydrogen-bond acceptors (Lipinski definition) is 4. The number of amides is 1. The summed E-state index contributed by atoms with van der Waals surface area (Å²) in [5.41, 5.74) is 1.78. The molecule has 0 aliphatic carbocycles. The molecule has 5 heteroatoms. The second kappa shape index (κ2) is 9.51. The van der Waals surface area contributed by atoms with E-state index in [4.69, 9.17) is 14.2 Å². The first kappa shape index (κ1) is 19.4. The molecule has 138 valence electrons. The molecule has 0 aromatic heterocycles. The van der Waals surface area contributed by atoms with Crippen LogP contribution >= 0.6 is 0 Å². The number of benzene rings is 2. The van der Waals surface area contributed by atoms with E-state index in [1.165, 1.54) is 6.08 Å². The first-order chi connectivity index (χ1) is 12.5. The molecular weight excluding hydrogens is 330 g/mol. The number of carbonyl (C=O) groups excluding carboxylic acids is 1. The summed E-state index contributed by atoms with van der Waals surface area (Å²) < 4.78 is 16.3. The predicted octanol–water partition coefficient (Wildman–Crippen LogP) is 3.82. The van der Waals surface area contributed by atoms with Gasteiger partial charge in [-0.25, -0.2) is 0 Å². The molecule has 1 N–H and O–H groups in total. The Kier molecular flexibility index (Phi) is 7.09. The molecule has 0 aliphatic heterocycles. The van der Waals surface area contributed by atoms with Gasteiger partial charge >= 0.3 is 0 Å². The van der Waals surface area contributed by atoms with Crippen molar-refractivity contribution in [2.75, 3.05) is 14.2 Å². The molecule has 0 fully saturated rings. The monoisotopic (exact) mass is 355 g/mol. The Labute approximate surface area is 154 Å². The van der Waals surface area contributed by atoms with E-state index in [0.717, 1.165) is 16.9 Å². The van der Waals surface area contributed by atoms with Gasteiger partial charge in [0.1, 0.15) is 5.75 Å². The lowest BCUT2D eigenvalue weighted by Crippen LogP contribution is -2.20. The van der Waals surface area contributed by atoms with Crippen molar-refractivity contribution in [2.24, 2.45) is 0 Å². The maximum absolute atomic E-state index is 12.1. The molecular formula is C21H25NO4. The maximum atomic E-state index is 12.1. The zero-order valence-electron chi connectivity index (χ0n) is 15.6. The summed E-state index contributed by atoms with van der Waals surface area (Å²) in [6, 6.07) is 13.1. The van der Waals surface area contributed by atoms with Crippen LogP contribution in [0.2, 0.25) is 0 Å². The van der Waals surface area contributed by atoms with Crippen molar-refractivity contribution in [3.05, 3.63) is 59.7 Å². The molecule has 2 rings (SSSR count). The van der Waals surface area contributed by atoms with Crippen molar-refractivity contribution >= 4 is 12.0 Å². The Bertz CT molecular complexity index is 768. The van der Waals surface area contributed by atoms with Crippen LogP contribution < -0.4 is 19.5 Å². The quantitative estimate of drug-likeness (QED) is 0.732. The van der Waals surface area contributed by atoms with Gasteiger partial charge in [-0.3, -0.25) is 4.79 Å². The van der Waals surface area contributed by atoms with Crippen LogP contribution in [0, 0.1) is 0 Å². The van der Waals surface area contributed by atoms with Crippen LogP contribution in [0.3, 0.4) is 0 Å². The molecule has 0 unspecified atom stereocenters. The van der Waals surface area contributed by atoms with Gasteiger partial charge in [0, 0.05) is 18.2 Å². The molecule has 0 heterocycles. The highest BCUT2D eigenvalue weighted by atomic mass is 16.5. The summed E-state index contributed by atoms with van der Waals surface area (Å²) in [6.45, 7) is 4.32. The SMILES string of the molecule is COc1ccccc1/C=C/C(=O)NCc1ccc(OC(C)C)c(OC)c1. The lowest BCUT2D eigenvalue weighted by atomic mass is 10.2. The molecule has 0 spiro atoms. The van der Waals surface area contributed by atoms with Gasteiger partial charge < -0.3 is 19.5 Å². The van der Waals surface area contributed by atoms with Gasteiger partial charge in [-0.15, -0.1) is 0 Å². The van der Waals surface area contributed by atoms with Crippen molar-refractivity contribution < 1.29 is 19.0 Å². The molecule has 1 amide bonds. The Morgan fingerprint density at radius 1 is 1.04 bits per heavy atom. The third kappa shape index (κ3) is 5.55. The van der Waals surface area contributed by atoms with Gasteiger partial charge in [0.15, 0.2) is 11.5 Å². The average molecular weight is 355 g/mol. The zero-order chi connectivity index (χ0) is 18.9. The van der Waals surface area contributed by atoms with Gasteiger partial charge in [-0.05, 0) is 43.7 Å². The minimum absolute atomic E-state index is 0.0644. The number of carbonyl (C=O) groups is 1. The summed E-state index contributed by atoms with van der Waals surface area (Å²) >= 11 is 0. The third-order valence-corrected chi connectivity index (χ3v) is 3.61. The predicted molar refractivity (Wildman–Crippen MR) is 103 cm³/mol. The molecule has 0 atom stereocenters. The number of para-hydroxylation sites is 1. The Balaban J connectivity index is 1.97. The lowest BCUT2D eigenvalue weighted by Gasteiger charge is -2.14. The van der Waals surface area contributed by atoms with Gasteiger partial charge in [-0.2, -0.15) is 0 Å². The van der Waals surface area contributed by atoms with E-state index in [1.807, 2.05) is 56.3 Å². The normalized spacial score (nSPS) is 10.8. The molecule has 0 bridgehead atoms. The fourth-order valence-corrected chi connectivity index (χ4v) is 2.39. The van der Waals surface area contributed by atoms with Crippen LogP contribution in [0.4, 0.5) is 0 Å². The summed E-state index contributed by atoms with van der Waals surface area (Å²) in [5, 5.41) is 2.86. The van der Waals surface area contributed by atoms with Gasteiger partial charge in [0.25, 0.3) is 0 Å². The molecule has 0 radical (unpaired) electrons. The van der Waals surface area contributed by atoms with E-state index in [2.05, 4.69) is 5.32 Å². The molecule has 2 aromatic carbocycles. The van der Waals surface area contributed by atoms with E-state index in [1.54, 1.807) is 20.3 Å². The van der Waals surface area contributed by atoms with Crippen molar-refractivity contribution in [1.29, 1.82) is 0 Å². The third-order valence-electron chi connectivity index (χ3n) is 3.61. The average Bonchev–Trinajstić information content (AvgIpc) is 2.65. The van der Waals surface area contributed by atoms with Crippen molar-refractivity contribution in [2.45, 2.75) is 26.5 Å². The van der Waals surface area contributed by atoms with E-state index < -0.39 is 0 Å². The first-order valence-electron chi connectivity index (χ1n) is 8.46. The summed E-state index contributed by atoms with van der Waals surface area (Å²) in [5.74, 6) is 1.88. The van der Waals surface area contributed by atoms with Crippen LogP contribution in [0.1, 0.15) is 25.0 Å². The van der Waals surface area contributed by atoms with Crippen molar-refractivity contribution in [3.8, 4) is 17.2 Å². The number of nitrogens with one attached hydrogen (secondary N) is 1.